The van der Waals surface area contributed by atoms with E-state index in [0.717, 1.165) is 50.3 Å². The van der Waals surface area contributed by atoms with Gasteiger partial charge in [-0.2, -0.15) is 0 Å². The summed E-state index contributed by atoms with van der Waals surface area (Å²) in [5.41, 5.74) is 3.66. The number of carboxylic acid groups (broad SMARTS) is 1. The molecule has 0 aliphatic carbocycles. The Balaban J connectivity index is 1.68. The number of likely N-dealkylation sites (N-methyl/N-ethyl adjacent to an activating group) is 1. The van der Waals surface area contributed by atoms with Gasteiger partial charge in [0.15, 0.2) is 0 Å². The molecule has 1 saturated heterocycles. The zero-order valence-electron chi connectivity index (χ0n) is 14.1. The highest BCUT2D eigenvalue weighted by molar-refractivity contribution is 5.89. The zero-order chi connectivity index (χ0) is 16.9. The fraction of sp³-hybridized carbons (Fsp3) is 0.350. The first kappa shape index (κ1) is 16.7. The van der Waals surface area contributed by atoms with E-state index in [1.165, 1.54) is 5.56 Å². The van der Waals surface area contributed by atoms with Crippen LogP contribution in [0.15, 0.2) is 48.5 Å². The molecular formula is C20H24N2O2. The van der Waals surface area contributed by atoms with E-state index < -0.39 is 5.97 Å². The number of rotatable bonds is 5. The zero-order valence-corrected chi connectivity index (χ0v) is 14.1. The maximum atomic E-state index is 11.1. The number of aromatic carboxylic acids is 1. The number of carbonyl (C=O) groups is 1. The molecule has 1 fully saturated rings. The van der Waals surface area contributed by atoms with Crippen LogP contribution in [0.1, 0.15) is 15.9 Å². The second kappa shape index (κ2) is 7.60. The lowest BCUT2D eigenvalue weighted by atomic mass is 10.00. The highest BCUT2D eigenvalue weighted by atomic mass is 16.4. The van der Waals surface area contributed by atoms with E-state index in [1.54, 1.807) is 18.2 Å². The first-order chi connectivity index (χ1) is 11.6. The Kier molecular flexibility index (Phi) is 5.28. The minimum absolute atomic E-state index is 0.329. The molecule has 0 atom stereocenters. The summed E-state index contributed by atoms with van der Waals surface area (Å²) in [6.07, 6.45) is 1.02. The normalized spacial score (nSPS) is 16.2. The van der Waals surface area contributed by atoms with Crippen LogP contribution in [0.2, 0.25) is 0 Å². The lowest BCUT2D eigenvalue weighted by Crippen LogP contribution is -2.45. The molecule has 0 spiro atoms. The van der Waals surface area contributed by atoms with Gasteiger partial charge in [0, 0.05) is 32.7 Å². The molecular weight excluding hydrogens is 300 g/mol. The second-order valence-electron chi connectivity index (χ2n) is 6.48. The molecule has 1 aliphatic heterocycles. The summed E-state index contributed by atoms with van der Waals surface area (Å²) in [6, 6.07) is 15.6. The average Bonchev–Trinajstić information content (AvgIpc) is 2.61. The van der Waals surface area contributed by atoms with Crippen molar-refractivity contribution < 1.29 is 9.90 Å². The van der Waals surface area contributed by atoms with Crippen molar-refractivity contribution in [1.82, 2.24) is 9.80 Å². The molecule has 0 saturated carbocycles. The summed E-state index contributed by atoms with van der Waals surface area (Å²) in [4.78, 5) is 16.0. The maximum Gasteiger partial charge on any atom is 0.335 e. The number of hydrogen-bond acceptors (Lipinski definition) is 3. The molecule has 3 rings (SSSR count). The summed E-state index contributed by atoms with van der Waals surface area (Å²) >= 11 is 0. The topological polar surface area (TPSA) is 43.8 Å². The lowest BCUT2D eigenvalue weighted by molar-refractivity contribution is 0.0697. The molecule has 2 aromatic rings. The van der Waals surface area contributed by atoms with Gasteiger partial charge in [0.2, 0.25) is 0 Å². The van der Waals surface area contributed by atoms with Gasteiger partial charge in [0.1, 0.15) is 0 Å². The van der Waals surface area contributed by atoms with Crippen molar-refractivity contribution in [3.8, 4) is 11.1 Å². The molecule has 0 unspecified atom stereocenters. The van der Waals surface area contributed by atoms with Gasteiger partial charge in [-0.1, -0.05) is 36.4 Å². The quantitative estimate of drug-likeness (QED) is 0.918. The summed E-state index contributed by atoms with van der Waals surface area (Å²) in [6.45, 7) is 5.63. The van der Waals surface area contributed by atoms with Crippen LogP contribution in [0.5, 0.6) is 0 Å². The SMILES string of the molecule is CN1CCN(CCc2cccc(-c3cccc(C(=O)O)c3)c2)CC1. The van der Waals surface area contributed by atoms with Crippen LogP contribution < -0.4 is 0 Å². The van der Waals surface area contributed by atoms with Crippen LogP contribution >= 0.6 is 0 Å². The molecule has 0 radical (unpaired) electrons. The van der Waals surface area contributed by atoms with Crippen LogP contribution in [-0.4, -0.2) is 60.6 Å². The van der Waals surface area contributed by atoms with Crippen LogP contribution in [-0.2, 0) is 6.42 Å². The van der Waals surface area contributed by atoms with Gasteiger partial charge in [-0.25, -0.2) is 4.79 Å². The van der Waals surface area contributed by atoms with Crippen molar-refractivity contribution in [2.24, 2.45) is 0 Å². The Morgan fingerprint density at radius 2 is 1.67 bits per heavy atom. The number of piperazine rings is 1. The average molecular weight is 324 g/mol. The van der Waals surface area contributed by atoms with E-state index in [1.807, 2.05) is 12.1 Å². The van der Waals surface area contributed by atoms with Gasteiger partial charge < -0.3 is 14.9 Å². The summed E-state index contributed by atoms with van der Waals surface area (Å²) < 4.78 is 0. The predicted molar refractivity (Wildman–Crippen MR) is 96.5 cm³/mol. The maximum absolute atomic E-state index is 11.1. The van der Waals surface area contributed by atoms with E-state index in [4.69, 9.17) is 5.11 Å². The van der Waals surface area contributed by atoms with Gasteiger partial charge in [-0.05, 0) is 42.3 Å². The van der Waals surface area contributed by atoms with Crippen LogP contribution in [0.4, 0.5) is 0 Å². The van der Waals surface area contributed by atoms with Crippen LogP contribution in [0.3, 0.4) is 0 Å². The third-order valence-corrected chi connectivity index (χ3v) is 4.68. The lowest BCUT2D eigenvalue weighted by Gasteiger charge is -2.32. The van der Waals surface area contributed by atoms with E-state index in [9.17, 15) is 4.79 Å². The predicted octanol–water partition coefficient (Wildman–Crippen LogP) is 2.84. The molecule has 1 N–H and O–H groups in total. The monoisotopic (exact) mass is 324 g/mol. The van der Waals surface area contributed by atoms with Crippen molar-refractivity contribution >= 4 is 5.97 Å². The Morgan fingerprint density at radius 3 is 2.38 bits per heavy atom. The Morgan fingerprint density at radius 1 is 1.00 bits per heavy atom. The number of benzene rings is 2. The second-order valence-corrected chi connectivity index (χ2v) is 6.48. The van der Waals surface area contributed by atoms with Crippen LogP contribution in [0, 0.1) is 0 Å². The van der Waals surface area contributed by atoms with Gasteiger partial charge in [0.05, 0.1) is 5.56 Å². The summed E-state index contributed by atoms with van der Waals surface area (Å²) in [5, 5.41) is 9.15. The molecule has 0 bridgehead atoms. The first-order valence-corrected chi connectivity index (χ1v) is 8.45. The molecule has 1 heterocycles. The molecule has 2 aromatic carbocycles. The number of nitrogens with zero attached hydrogens (tertiary/aromatic N) is 2. The minimum Gasteiger partial charge on any atom is -0.478 e. The molecule has 4 heteroatoms. The molecule has 24 heavy (non-hydrogen) atoms. The summed E-state index contributed by atoms with van der Waals surface area (Å²) in [5.74, 6) is -0.886. The van der Waals surface area contributed by atoms with Crippen molar-refractivity contribution in [3.63, 3.8) is 0 Å². The standard InChI is InChI=1S/C20H24N2O2/c1-21-10-12-22(13-11-21)9-8-16-4-2-5-17(14-16)18-6-3-7-19(15-18)20(23)24/h2-7,14-15H,8-13H2,1H3,(H,23,24). The molecule has 4 nitrogen and oxygen atoms in total. The van der Waals surface area contributed by atoms with E-state index in [2.05, 4.69) is 35.0 Å². The first-order valence-electron chi connectivity index (χ1n) is 8.45. The number of carboxylic acids is 1. The minimum atomic E-state index is -0.886. The Labute approximate surface area is 143 Å². The fourth-order valence-corrected chi connectivity index (χ4v) is 3.10. The van der Waals surface area contributed by atoms with Crippen molar-refractivity contribution in [1.29, 1.82) is 0 Å². The fourth-order valence-electron chi connectivity index (χ4n) is 3.10. The van der Waals surface area contributed by atoms with Crippen LogP contribution in [0.25, 0.3) is 11.1 Å². The smallest absolute Gasteiger partial charge is 0.335 e. The third kappa shape index (κ3) is 4.22. The summed E-state index contributed by atoms with van der Waals surface area (Å²) in [7, 11) is 2.17. The Bertz CT molecular complexity index is 706. The van der Waals surface area contributed by atoms with Crippen molar-refractivity contribution in [2.45, 2.75) is 6.42 Å². The van der Waals surface area contributed by atoms with Gasteiger partial charge in [-0.3, -0.25) is 0 Å². The molecule has 0 amide bonds. The van der Waals surface area contributed by atoms with E-state index in [0.29, 0.717) is 5.56 Å². The van der Waals surface area contributed by atoms with Crippen molar-refractivity contribution in [2.75, 3.05) is 39.8 Å². The molecule has 126 valence electrons. The highest BCUT2D eigenvalue weighted by Gasteiger charge is 2.13. The van der Waals surface area contributed by atoms with Gasteiger partial charge in [0.25, 0.3) is 0 Å². The van der Waals surface area contributed by atoms with Crippen molar-refractivity contribution in [3.05, 3.63) is 59.7 Å². The highest BCUT2D eigenvalue weighted by Crippen LogP contribution is 2.22. The molecule has 1 aliphatic rings. The van der Waals surface area contributed by atoms with E-state index in [-0.39, 0.29) is 0 Å². The largest absolute Gasteiger partial charge is 0.478 e. The molecule has 0 aromatic heterocycles. The van der Waals surface area contributed by atoms with Gasteiger partial charge in [-0.15, -0.1) is 0 Å². The Hall–Kier alpha value is -2.17. The third-order valence-electron chi connectivity index (χ3n) is 4.68. The van der Waals surface area contributed by atoms with Gasteiger partial charge >= 0.3 is 5.97 Å². The number of hydrogen-bond donors (Lipinski definition) is 1. The van der Waals surface area contributed by atoms with E-state index >= 15 is 0 Å².